The number of nitrogens with one attached hydrogen (secondary N) is 2. The number of halogens is 3. The molecule has 194 valence electrons. The van der Waals surface area contributed by atoms with Gasteiger partial charge in [0.1, 0.15) is 6.54 Å². The zero-order valence-corrected chi connectivity index (χ0v) is 20.9. The summed E-state index contributed by atoms with van der Waals surface area (Å²) >= 11 is 0. The summed E-state index contributed by atoms with van der Waals surface area (Å²) in [6.45, 7) is 6.99. The molecule has 1 aliphatic heterocycles. The SMILES string of the molecule is CCn1nc(-c2ccc(/C(C=NCC(F)(F)F)=C/N)cc2C)nc1Nc1cc2c(cc1C)C(=O)NC2C. The van der Waals surface area contributed by atoms with Crippen molar-refractivity contribution in [2.75, 3.05) is 11.9 Å². The Hall–Kier alpha value is -4.15. The minimum Gasteiger partial charge on any atom is -0.404 e. The maximum Gasteiger partial charge on any atom is 0.407 e. The van der Waals surface area contributed by atoms with E-state index in [1.165, 1.54) is 6.20 Å². The number of carbonyl (C=O) groups excluding carboxylic acids is 1. The van der Waals surface area contributed by atoms with Crippen molar-refractivity contribution in [3.8, 4) is 11.4 Å². The number of amides is 1. The fourth-order valence-electron chi connectivity index (χ4n) is 4.21. The lowest BCUT2D eigenvalue weighted by atomic mass is 10.0. The number of rotatable bonds is 7. The largest absolute Gasteiger partial charge is 0.407 e. The normalized spacial score (nSPS) is 15.8. The summed E-state index contributed by atoms with van der Waals surface area (Å²) in [6.07, 6.45) is -2.03. The summed E-state index contributed by atoms with van der Waals surface area (Å²) in [5.41, 5.74) is 11.6. The van der Waals surface area contributed by atoms with Crippen molar-refractivity contribution in [2.24, 2.45) is 10.7 Å². The van der Waals surface area contributed by atoms with Gasteiger partial charge in [-0.2, -0.15) is 18.2 Å². The van der Waals surface area contributed by atoms with Crippen molar-refractivity contribution >= 4 is 29.3 Å². The first-order valence-corrected chi connectivity index (χ1v) is 11.8. The number of carbonyl (C=O) groups is 1. The second-order valence-electron chi connectivity index (χ2n) is 8.89. The van der Waals surface area contributed by atoms with Gasteiger partial charge in [-0.05, 0) is 62.1 Å². The molecular formula is C26H28F3N7O. The summed E-state index contributed by atoms with van der Waals surface area (Å²) in [6, 6.07) is 9.12. The fourth-order valence-corrected chi connectivity index (χ4v) is 4.21. The first-order valence-electron chi connectivity index (χ1n) is 11.8. The van der Waals surface area contributed by atoms with Crippen LogP contribution in [0.5, 0.6) is 0 Å². The van der Waals surface area contributed by atoms with Crippen LogP contribution < -0.4 is 16.4 Å². The number of nitrogens with two attached hydrogens (primary N) is 1. The lowest BCUT2D eigenvalue weighted by Gasteiger charge is -2.12. The summed E-state index contributed by atoms with van der Waals surface area (Å²) < 4.78 is 39.0. The monoisotopic (exact) mass is 511 g/mol. The Morgan fingerprint density at radius 3 is 2.62 bits per heavy atom. The van der Waals surface area contributed by atoms with E-state index in [1.54, 1.807) is 10.7 Å². The topological polar surface area (TPSA) is 110 Å². The maximum absolute atomic E-state index is 12.4. The molecule has 4 rings (SSSR count). The minimum atomic E-state index is -4.38. The smallest absolute Gasteiger partial charge is 0.404 e. The number of aromatic nitrogens is 3. The van der Waals surface area contributed by atoms with Gasteiger partial charge in [0.25, 0.3) is 5.91 Å². The van der Waals surface area contributed by atoms with Gasteiger partial charge in [0.05, 0.1) is 6.04 Å². The number of benzene rings is 2. The van der Waals surface area contributed by atoms with E-state index in [9.17, 15) is 18.0 Å². The van der Waals surface area contributed by atoms with Gasteiger partial charge in [0, 0.05) is 41.3 Å². The molecule has 0 bridgehead atoms. The van der Waals surface area contributed by atoms with E-state index in [0.717, 1.165) is 34.2 Å². The van der Waals surface area contributed by atoms with E-state index in [2.05, 4.69) is 20.7 Å². The molecule has 0 radical (unpaired) electrons. The van der Waals surface area contributed by atoms with Gasteiger partial charge in [0.2, 0.25) is 5.95 Å². The minimum absolute atomic E-state index is 0.0737. The molecule has 3 aromatic rings. The van der Waals surface area contributed by atoms with Crippen LogP contribution >= 0.6 is 0 Å². The van der Waals surface area contributed by atoms with E-state index in [4.69, 9.17) is 10.7 Å². The lowest BCUT2D eigenvalue weighted by Crippen LogP contribution is -2.16. The third-order valence-electron chi connectivity index (χ3n) is 6.15. The molecule has 2 aromatic carbocycles. The number of hydrogen-bond acceptors (Lipinski definition) is 6. The van der Waals surface area contributed by atoms with Gasteiger partial charge in [-0.3, -0.25) is 9.79 Å². The number of fused-ring (bicyclic) bond motifs is 1. The third-order valence-corrected chi connectivity index (χ3v) is 6.15. The second kappa shape index (κ2) is 10.1. The molecule has 0 saturated heterocycles. The van der Waals surface area contributed by atoms with Crippen LogP contribution in [0.4, 0.5) is 24.8 Å². The Balaban J connectivity index is 1.61. The van der Waals surface area contributed by atoms with Gasteiger partial charge in [0.15, 0.2) is 5.82 Å². The molecule has 1 amide bonds. The van der Waals surface area contributed by atoms with Gasteiger partial charge in [-0.25, -0.2) is 4.68 Å². The maximum atomic E-state index is 12.4. The van der Waals surface area contributed by atoms with Crippen molar-refractivity contribution < 1.29 is 18.0 Å². The van der Waals surface area contributed by atoms with Gasteiger partial charge in [-0.15, -0.1) is 5.10 Å². The molecule has 1 unspecified atom stereocenters. The van der Waals surface area contributed by atoms with Crippen molar-refractivity contribution in [1.82, 2.24) is 20.1 Å². The highest BCUT2D eigenvalue weighted by atomic mass is 19.4. The van der Waals surface area contributed by atoms with Crippen molar-refractivity contribution in [1.29, 1.82) is 0 Å². The van der Waals surface area contributed by atoms with Crippen LogP contribution in [0.25, 0.3) is 17.0 Å². The average Bonchev–Trinajstić information content (AvgIpc) is 3.36. The van der Waals surface area contributed by atoms with E-state index < -0.39 is 12.7 Å². The molecule has 37 heavy (non-hydrogen) atoms. The molecule has 11 heteroatoms. The Labute approximate surface area is 212 Å². The number of aryl methyl sites for hydroxylation is 3. The summed E-state index contributed by atoms with van der Waals surface area (Å²) in [5, 5.41) is 10.9. The molecule has 2 heterocycles. The molecule has 0 fully saturated rings. The summed E-state index contributed by atoms with van der Waals surface area (Å²) in [7, 11) is 0. The number of aliphatic imine (C=N–C) groups is 1. The second-order valence-corrected chi connectivity index (χ2v) is 8.89. The molecule has 8 nitrogen and oxygen atoms in total. The van der Waals surface area contributed by atoms with Crippen LogP contribution in [0.2, 0.25) is 0 Å². The Bertz CT molecular complexity index is 1410. The van der Waals surface area contributed by atoms with E-state index >= 15 is 0 Å². The van der Waals surface area contributed by atoms with E-state index in [1.807, 2.05) is 52.0 Å². The van der Waals surface area contributed by atoms with Crippen molar-refractivity contribution in [2.45, 2.75) is 46.5 Å². The molecule has 1 aliphatic rings. The standard InChI is InChI=1S/C26H28F3N7O/c1-5-36-25(33-22-10-20-16(4)32-24(37)21(20)9-15(22)3)34-23(35-36)19-7-6-17(8-14(19)2)18(11-30)12-31-13-26(27,28)29/h6-12,16H,5,13,30H2,1-4H3,(H,32,37)(H,33,34,35)/b18-11+,31-12?. The first kappa shape index (κ1) is 25.9. The first-order chi connectivity index (χ1) is 17.5. The highest BCUT2D eigenvalue weighted by molar-refractivity contribution is 6.09. The number of anilines is 2. The molecule has 0 spiro atoms. The van der Waals surface area contributed by atoms with Gasteiger partial charge in [-0.1, -0.05) is 18.2 Å². The highest BCUT2D eigenvalue weighted by Gasteiger charge is 2.27. The Morgan fingerprint density at radius 2 is 1.97 bits per heavy atom. The van der Waals surface area contributed by atoms with Crippen LogP contribution in [0.15, 0.2) is 41.5 Å². The summed E-state index contributed by atoms with van der Waals surface area (Å²) in [5.74, 6) is 0.978. The highest BCUT2D eigenvalue weighted by Crippen LogP contribution is 2.32. The third kappa shape index (κ3) is 5.50. The van der Waals surface area contributed by atoms with Gasteiger partial charge >= 0.3 is 6.18 Å². The Morgan fingerprint density at radius 1 is 1.22 bits per heavy atom. The molecule has 4 N–H and O–H groups in total. The number of allylic oxidation sites excluding steroid dienone is 1. The van der Waals surface area contributed by atoms with E-state index in [0.29, 0.717) is 35.0 Å². The number of hydrogen-bond donors (Lipinski definition) is 3. The van der Waals surface area contributed by atoms with Crippen LogP contribution in [-0.4, -0.2) is 39.6 Å². The molecular weight excluding hydrogens is 483 g/mol. The van der Waals surface area contributed by atoms with Crippen LogP contribution in [-0.2, 0) is 6.54 Å². The quantitative estimate of drug-likeness (QED) is 0.384. The van der Waals surface area contributed by atoms with Crippen molar-refractivity contribution in [3.63, 3.8) is 0 Å². The lowest BCUT2D eigenvalue weighted by molar-refractivity contribution is -0.118. The predicted molar refractivity (Wildman–Crippen MR) is 138 cm³/mol. The summed E-state index contributed by atoms with van der Waals surface area (Å²) in [4.78, 5) is 20.3. The fraction of sp³-hybridized carbons (Fsp3) is 0.308. The predicted octanol–water partition coefficient (Wildman–Crippen LogP) is 5.06. The van der Waals surface area contributed by atoms with Crippen LogP contribution in [0, 0.1) is 13.8 Å². The van der Waals surface area contributed by atoms with Crippen LogP contribution in [0.3, 0.4) is 0 Å². The zero-order chi connectivity index (χ0) is 26.9. The van der Waals surface area contributed by atoms with E-state index in [-0.39, 0.29) is 11.9 Å². The molecule has 0 aliphatic carbocycles. The molecule has 1 atom stereocenters. The average molecular weight is 512 g/mol. The molecule has 1 aromatic heterocycles. The number of nitrogens with zero attached hydrogens (tertiary/aromatic N) is 4. The van der Waals surface area contributed by atoms with Gasteiger partial charge < -0.3 is 16.4 Å². The number of alkyl halides is 3. The van der Waals surface area contributed by atoms with Crippen LogP contribution in [0.1, 0.15) is 52.5 Å². The zero-order valence-electron chi connectivity index (χ0n) is 20.9. The molecule has 0 saturated carbocycles. The van der Waals surface area contributed by atoms with Crippen molar-refractivity contribution in [3.05, 3.63) is 64.3 Å². The Kier molecular flexibility index (Phi) is 7.06.